The van der Waals surface area contributed by atoms with E-state index in [0.29, 0.717) is 37.6 Å². The molecular weight excluding hydrogens is 418 g/mol. The van der Waals surface area contributed by atoms with Gasteiger partial charge in [-0.3, -0.25) is 4.79 Å². The third-order valence-electron chi connectivity index (χ3n) is 5.23. The first-order valence-corrected chi connectivity index (χ1v) is 11.5. The Bertz CT molecular complexity index is 1070. The number of rotatable bonds is 12. The molecule has 0 unspecified atom stereocenters. The summed E-state index contributed by atoms with van der Waals surface area (Å²) >= 11 is 0. The molecule has 0 radical (unpaired) electrons. The van der Waals surface area contributed by atoms with Gasteiger partial charge in [0.25, 0.3) is 0 Å². The number of nitrogens with zero attached hydrogens (tertiary/aromatic N) is 3. The maximum absolute atomic E-state index is 11.6. The molecule has 0 aliphatic heterocycles. The minimum atomic E-state index is -0.210. The van der Waals surface area contributed by atoms with Gasteiger partial charge in [-0.2, -0.15) is 0 Å². The second-order valence-electron chi connectivity index (χ2n) is 7.71. The third-order valence-corrected chi connectivity index (χ3v) is 5.23. The fourth-order valence-corrected chi connectivity index (χ4v) is 3.63. The normalized spacial score (nSPS) is 10.8. The van der Waals surface area contributed by atoms with Crippen LogP contribution in [0.1, 0.15) is 45.4 Å². The number of esters is 1. The van der Waals surface area contributed by atoms with Gasteiger partial charge < -0.3 is 19.1 Å². The number of aryl methyl sites for hydroxylation is 1. The second-order valence-corrected chi connectivity index (χ2v) is 7.71. The first-order chi connectivity index (χ1) is 16.1. The fraction of sp³-hybridized carbons (Fsp3) is 0.423. The highest BCUT2D eigenvalue weighted by Crippen LogP contribution is 2.36. The van der Waals surface area contributed by atoms with Crippen LogP contribution in [-0.4, -0.2) is 42.8 Å². The lowest BCUT2D eigenvalue weighted by atomic mass is 10.1. The number of hydrogen-bond acceptors (Lipinski definition) is 7. The van der Waals surface area contributed by atoms with Gasteiger partial charge in [0.15, 0.2) is 11.5 Å². The summed E-state index contributed by atoms with van der Waals surface area (Å²) in [6, 6.07) is 14.0. The minimum absolute atomic E-state index is 0.210. The molecule has 0 saturated carbocycles. The van der Waals surface area contributed by atoms with E-state index in [0.717, 1.165) is 47.6 Å². The first-order valence-electron chi connectivity index (χ1n) is 11.5. The van der Waals surface area contributed by atoms with Crippen LogP contribution in [0, 0.1) is 6.92 Å². The number of aromatic nitrogens is 2. The Morgan fingerprint density at radius 1 is 1.03 bits per heavy atom. The summed E-state index contributed by atoms with van der Waals surface area (Å²) in [5, 5.41) is 1.01. The van der Waals surface area contributed by atoms with E-state index in [2.05, 4.69) is 22.9 Å². The van der Waals surface area contributed by atoms with Gasteiger partial charge in [0, 0.05) is 30.1 Å². The van der Waals surface area contributed by atoms with Crippen LogP contribution in [0.5, 0.6) is 11.5 Å². The average molecular weight is 452 g/mol. The Morgan fingerprint density at radius 3 is 2.61 bits per heavy atom. The maximum Gasteiger partial charge on any atom is 0.305 e. The molecule has 3 rings (SSSR count). The maximum atomic E-state index is 11.6. The van der Waals surface area contributed by atoms with E-state index in [1.165, 1.54) is 0 Å². The SMILES string of the molecule is CCCCN(c1ccc(OC)c(OCCCC(=O)OCC)c1)c1nc(C)nc2ccccc12. The number of ether oxygens (including phenoxy) is 3. The molecule has 1 aromatic heterocycles. The quantitative estimate of drug-likeness (QED) is 0.262. The Kier molecular flexibility index (Phi) is 8.87. The number of carbonyl (C=O) groups excluding carboxylic acids is 1. The van der Waals surface area contributed by atoms with Gasteiger partial charge in [0.05, 0.1) is 25.8 Å². The number of methoxy groups -OCH3 is 1. The predicted molar refractivity (Wildman–Crippen MR) is 131 cm³/mol. The van der Waals surface area contributed by atoms with Crippen LogP contribution in [0.2, 0.25) is 0 Å². The molecule has 0 aliphatic carbocycles. The molecule has 176 valence electrons. The van der Waals surface area contributed by atoms with E-state index in [9.17, 15) is 4.79 Å². The molecular formula is C26H33N3O4. The van der Waals surface area contributed by atoms with E-state index < -0.39 is 0 Å². The van der Waals surface area contributed by atoms with Crippen LogP contribution >= 0.6 is 0 Å². The number of anilines is 2. The van der Waals surface area contributed by atoms with Gasteiger partial charge in [-0.15, -0.1) is 0 Å². The largest absolute Gasteiger partial charge is 0.493 e. The summed E-state index contributed by atoms with van der Waals surface area (Å²) in [7, 11) is 1.62. The lowest BCUT2D eigenvalue weighted by molar-refractivity contribution is -0.143. The van der Waals surface area contributed by atoms with Gasteiger partial charge in [0.1, 0.15) is 11.6 Å². The van der Waals surface area contributed by atoms with E-state index in [4.69, 9.17) is 19.2 Å². The van der Waals surface area contributed by atoms with Crippen LogP contribution in [-0.2, 0) is 9.53 Å². The summed E-state index contributed by atoms with van der Waals surface area (Å²) in [6.07, 6.45) is 2.97. The van der Waals surface area contributed by atoms with E-state index >= 15 is 0 Å². The smallest absolute Gasteiger partial charge is 0.305 e. The van der Waals surface area contributed by atoms with Crippen LogP contribution in [0.4, 0.5) is 11.5 Å². The van der Waals surface area contributed by atoms with Crippen molar-refractivity contribution in [2.75, 3.05) is 31.8 Å². The molecule has 0 N–H and O–H groups in total. The molecule has 0 fully saturated rings. The minimum Gasteiger partial charge on any atom is -0.493 e. The summed E-state index contributed by atoms with van der Waals surface area (Å²) in [5.74, 6) is 2.68. The molecule has 0 spiro atoms. The number of para-hydroxylation sites is 1. The number of fused-ring (bicyclic) bond motifs is 1. The second kappa shape index (κ2) is 12.0. The lowest BCUT2D eigenvalue weighted by Crippen LogP contribution is -2.20. The molecule has 0 atom stereocenters. The lowest BCUT2D eigenvalue weighted by Gasteiger charge is -2.26. The van der Waals surface area contributed by atoms with Crippen LogP contribution in [0.15, 0.2) is 42.5 Å². The average Bonchev–Trinajstić information content (AvgIpc) is 2.82. The zero-order chi connectivity index (χ0) is 23.6. The van der Waals surface area contributed by atoms with Crippen molar-refractivity contribution in [1.82, 2.24) is 9.97 Å². The molecule has 0 saturated heterocycles. The van der Waals surface area contributed by atoms with Crippen molar-refractivity contribution in [3.8, 4) is 11.5 Å². The van der Waals surface area contributed by atoms with Crippen LogP contribution < -0.4 is 14.4 Å². The topological polar surface area (TPSA) is 73.8 Å². The fourth-order valence-electron chi connectivity index (χ4n) is 3.63. The highest BCUT2D eigenvalue weighted by molar-refractivity contribution is 5.91. The molecule has 2 aromatic carbocycles. The number of benzene rings is 2. The van der Waals surface area contributed by atoms with Crippen LogP contribution in [0.3, 0.4) is 0 Å². The number of unbranched alkanes of at least 4 members (excludes halogenated alkanes) is 1. The molecule has 0 bridgehead atoms. The van der Waals surface area contributed by atoms with Crippen molar-refractivity contribution in [3.05, 3.63) is 48.3 Å². The van der Waals surface area contributed by atoms with E-state index in [1.807, 2.05) is 43.3 Å². The molecule has 0 amide bonds. The summed E-state index contributed by atoms with van der Waals surface area (Å²) in [4.78, 5) is 23.2. The van der Waals surface area contributed by atoms with Gasteiger partial charge >= 0.3 is 5.97 Å². The highest BCUT2D eigenvalue weighted by atomic mass is 16.5. The van der Waals surface area contributed by atoms with Crippen molar-refractivity contribution in [2.45, 2.75) is 46.5 Å². The summed E-state index contributed by atoms with van der Waals surface area (Å²) in [5.41, 5.74) is 1.89. The third kappa shape index (κ3) is 6.34. The highest BCUT2D eigenvalue weighted by Gasteiger charge is 2.18. The van der Waals surface area contributed by atoms with Gasteiger partial charge in [-0.05, 0) is 51.0 Å². The molecule has 33 heavy (non-hydrogen) atoms. The van der Waals surface area contributed by atoms with Gasteiger partial charge in [-0.1, -0.05) is 25.5 Å². The Balaban J connectivity index is 1.91. The first kappa shape index (κ1) is 24.3. The Labute approximate surface area is 195 Å². The molecule has 1 heterocycles. The molecule has 7 heteroatoms. The monoisotopic (exact) mass is 451 g/mol. The molecule has 3 aromatic rings. The standard InChI is InChI=1S/C26H33N3O4/c1-5-7-16-29(26-21-11-8-9-12-22(21)27-19(3)28-26)20-14-15-23(31-4)24(18-20)33-17-10-13-25(30)32-6-2/h8-9,11-12,14-15,18H,5-7,10,13,16-17H2,1-4H3. The summed E-state index contributed by atoms with van der Waals surface area (Å²) in [6.45, 7) is 7.49. The van der Waals surface area contributed by atoms with Gasteiger partial charge in [0.2, 0.25) is 0 Å². The van der Waals surface area contributed by atoms with E-state index in [1.54, 1.807) is 14.0 Å². The van der Waals surface area contributed by atoms with Crippen LogP contribution in [0.25, 0.3) is 10.9 Å². The number of carbonyl (C=O) groups is 1. The zero-order valence-corrected chi connectivity index (χ0v) is 20.0. The van der Waals surface area contributed by atoms with Crippen molar-refractivity contribution in [1.29, 1.82) is 0 Å². The molecule has 7 nitrogen and oxygen atoms in total. The number of hydrogen-bond donors (Lipinski definition) is 0. The Morgan fingerprint density at radius 2 is 1.85 bits per heavy atom. The van der Waals surface area contributed by atoms with Crippen molar-refractivity contribution < 1.29 is 19.0 Å². The summed E-state index contributed by atoms with van der Waals surface area (Å²) < 4.78 is 16.5. The predicted octanol–water partition coefficient (Wildman–Crippen LogP) is 5.61. The van der Waals surface area contributed by atoms with Crippen molar-refractivity contribution >= 4 is 28.4 Å². The zero-order valence-electron chi connectivity index (χ0n) is 20.0. The van der Waals surface area contributed by atoms with Crippen molar-refractivity contribution in [3.63, 3.8) is 0 Å². The molecule has 0 aliphatic rings. The van der Waals surface area contributed by atoms with Gasteiger partial charge in [-0.25, -0.2) is 9.97 Å². The van der Waals surface area contributed by atoms with E-state index in [-0.39, 0.29) is 5.97 Å². The Hall–Kier alpha value is -3.35. The van der Waals surface area contributed by atoms with Crippen molar-refractivity contribution in [2.24, 2.45) is 0 Å².